The predicted octanol–water partition coefficient (Wildman–Crippen LogP) is 4.01. The van der Waals surface area contributed by atoms with Crippen LogP contribution in [0.5, 0.6) is 0 Å². The molecule has 0 radical (unpaired) electrons. The van der Waals surface area contributed by atoms with Crippen LogP contribution in [0.15, 0.2) is 79.0 Å². The summed E-state index contributed by atoms with van der Waals surface area (Å²) < 4.78 is 6.85. The topological polar surface area (TPSA) is 39.2 Å². The van der Waals surface area contributed by atoms with Gasteiger partial charge >= 0.3 is 0 Å². The highest BCUT2D eigenvalue weighted by atomic mass is 28.4. The maximum Gasteiger partial charge on any atom is 0.261 e. The lowest BCUT2D eigenvalue weighted by Gasteiger charge is -2.43. The van der Waals surface area contributed by atoms with Crippen LogP contribution >= 0.6 is 0 Å². The zero-order chi connectivity index (χ0) is 20.0. The van der Waals surface area contributed by atoms with Crippen molar-refractivity contribution >= 4 is 25.0 Å². The van der Waals surface area contributed by atoms with Gasteiger partial charge < -0.3 is 4.43 Å². The summed E-state index contributed by atoms with van der Waals surface area (Å²) in [7, 11) is -2.55. The summed E-state index contributed by atoms with van der Waals surface area (Å²) in [4.78, 5) is 15.7. The molecule has 144 valence electrons. The van der Waals surface area contributed by atoms with Crippen molar-refractivity contribution in [2.45, 2.75) is 32.2 Å². The third-order valence-corrected chi connectivity index (χ3v) is 10.2. The molecule has 3 rings (SSSR count). The number of benzene rings is 2. The van der Waals surface area contributed by atoms with Gasteiger partial charge in [0.15, 0.2) is 6.29 Å². The summed E-state index contributed by atoms with van der Waals surface area (Å²) in [5.41, 5.74) is 1.42. The highest BCUT2D eigenvalue weighted by Gasteiger charge is 2.49. The van der Waals surface area contributed by atoms with Gasteiger partial charge in [-0.2, -0.15) is 0 Å². The van der Waals surface area contributed by atoms with E-state index in [1.807, 2.05) is 12.1 Å². The first-order valence-electron chi connectivity index (χ1n) is 9.63. The molecule has 0 aliphatic rings. The van der Waals surface area contributed by atoms with Gasteiger partial charge in [-0.25, -0.2) is 0 Å². The summed E-state index contributed by atoms with van der Waals surface area (Å²) in [6, 6.07) is 24.7. The Morgan fingerprint density at radius 2 is 1.46 bits per heavy atom. The molecule has 0 spiro atoms. The lowest BCUT2D eigenvalue weighted by atomic mass is 10.2. The molecule has 1 heterocycles. The average molecular weight is 390 g/mol. The smallest absolute Gasteiger partial charge is 0.261 e. The third-order valence-electron chi connectivity index (χ3n) is 5.13. The maximum atomic E-state index is 11.3. The molecular weight excluding hydrogens is 362 g/mol. The Hall–Kier alpha value is -2.56. The molecule has 1 aromatic heterocycles. The van der Waals surface area contributed by atoms with E-state index < -0.39 is 8.32 Å². The van der Waals surface area contributed by atoms with E-state index in [9.17, 15) is 4.79 Å². The molecule has 2 aromatic carbocycles. The van der Waals surface area contributed by atoms with Gasteiger partial charge in [0.05, 0.1) is 5.69 Å². The number of aldehydes is 1. The van der Waals surface area contributed by atoms with Crippen LogP contribution in [-0.4, -0.2) is 26.2 Å². The summed E-state index contributed by atoms with van der Waals surface area (Å²) in [5, 5.41) is 2.45. The number of rotatable bonds is 7. The molecule has 28 heavy (non-hydrogen) atoms. The minimum atomic E-state index is -2.55. The molecule has 0 fully saturated rings. The van der Waals surface area contributed by atoms with Gasteiger partial charge in [-0.15, -0.1) is 0 Å². The Kier molecular flexibility index (Phi) is 6.22. The van der Waals surface area contributed by atoms with Crippen molar-refractivity contribution in [3.63, 3.8) is 0 Å². The van der Waals surface area contributed by atoms with Crippen LogP contribution in [0.1, 0.15) is 36.8 Å². The van der Waals surface area contributed by atoms with Crippen molar-refractivity contribution in [3.05, 3.63) is 90.3 Å². The van der Waals surface area contributed by atoms with Gasteiger partial charge in [0.25, 0.3) is 8.32 Å². The van der Waals surface area contributed by atoms with Gasteiger partial charge in [0, 0.05) is 24.8 Å². The number of hydrogen-bond donors (Lipinski definition) is 0. The lowest BCUT2D eigenvalue weighted by molar-refractivity contribution is 0.112. The molecule has 0 saturated heterocycles. The van der Waals surface area contributed by atoms with E-state index >= 15 is 0 Å². The molecule has 0 aliphatic carbocycles. The minimum absolute atomic E-state index is 0.0622. The Labute approximate surface area is 168 Å². The van der Waals surface area contributed by atoms with Crippen LogP contribution in [0.4, 0.5) is 0 Å². The Morgan fingerprint density at radius 3 is 1.96 bits per heavy atom. The number of hydrogen-bond acceptors (Lipinski definition) is 3. The van der Waals surface area contributed by atoms with Crippen molar-refractivity contribution in [1.82, 2.24) is 4.98 Å². The zero-order valence-electron chi connectivity index (χ0n) is 16.8. The van der Waals surface area contributed by atoms with E-state index in [0.717, 1.165) is 12.0 Å². The molecule has 3 aromatic rings. The van der Waals surface area contributed by atoms with Crippen LogP contribution in [0.2, 0.25) is 5.04 Å². The molecule has 0 atom stereocenters. The largest absolute Gasteiger partial charge is 0.407 e. The van der Waals surface area contributed by atoms with Crippen LogP contribution in [0, 0.1) is 0 Å². The van der Waals surface area contributed by atoms with Gasteiger partial charge in [0.1, 0.15) is 0 Å². The molecule has 0 N–H and O–H groups in total. The van der Waals surface area contributed by atoms with Crippen LogP contribution in [0.25, 0.3) is 0 Å². The number of pyridine rings is 1. The van der Waals surface area contributed by atoms with E-state index in [1.165, 1.54) is 10.4 Å². The maximum absolute atomic E-state index is 11.3. The fourth-order valence-corrected chi connectivity index (χ4v) is 8.39. The lowest BCUT2D eigenvalue weighted by Crippen LogP contribution is -2.66. The summed E-state index contributed by atoms with van der Waals surface area (Å²) >= 11 is 0. The second kappa shape index (κ2) is 8.63. The number of nitrogens with zero attached hydrogens (tertiary/aromatic N) is 1. The van der Waals surface area contributed by atoms with E-state index in [4.69, 9.17) is 4.43 Å². The van der Waals surface area contributed by atoms with Gasteiger partial charge in [-0.1, -0.05) is 81.4 Å². The van der Waals surface area contributed by atoms with Crippen LogP contribution < -0.4 is 10.4 Å². The minimum Gasteiger partial charge on any atom is -0.407 e. The SMILES string of the molecule is CC(C)(C)[Si](OCCc1ncccc1C=O)(c1ccccc1)c1ccccc1. The Morgan fingerprint density at radius 1 is 0.893 bits per heavy atom. The van der Waals surface area contributed by atoms with Crippen LogP contribution in [-0.2, 0) is 10.8 Å². The molecule has 3 nitrogen and oxygen atoms in total. The molecule has 0 saturated carbocycles. The van der Waals surface area contributed by atoms with Crippen molar-refractivity contribution in [1.29, 1.82) is 0 Å². The molecule has 4 heteroatoms. The zero-order valence-corrected chi connectivity index (χ0v) is 17.8. The standard InChI is InChI=1S/C24H27NO2Si/c1-24(2,3)28(21-12-6-4-7-13-21,22-14-8-5-9-15-22)27-18-16-23-20(19-26)11-10-17-25-23/h4-15,17,19H,16,18H2,1-3H3. The van der Waals surface area contributed by atoms with E-state index in [1.54, 1.807) is 18.3 Å². The third kappa shape index (κ3) is 3.98. The van der Waals surface area contributed by atoms with Crippen molar-refractivity contribution < 1.29 is 9.22 Å². The summed E-state index contributed by atoms with van der Waals surface area (Å²) in [6.45, 7) is 7.30. The van der Waals surface area contributed by atoms with Gasteiger partial charge in [-0.3, -0.25) is 9.78 Å². The van der Waals surface area contributed by atoms with Gasteiger partial charge in [0.2, 0.25) is 0 Å². The highest BCUT2D eigenvalue weighted by Crippen LogP contribution is 2.36. The fourth-order valence-electron chi connectivity index (χ4n) is 3.83. The van der Waals surface area contributed by atoms with E-state index in [2.05, 4.69) is 74.3 Å². The Balaban J connectivity index is 2.00. The Bertz CT molecular complexity index is 865. The second-order valence-electron chi connectivity index (χ2n) is 7.92. The van der Waals surface area contributed by atoms with Crippen molar-refractivity contribution in [2.24, 2.45) is 0 Å². The first-order chi connectivity index (χ1) is 13.5. The van der Waals surface area contributed by atoms with E-state index in [-0.39, 0.29) is 5.04 Å². The van der Waals surface area contributed by atoms with Gasteiger partial charge in [-0.05, 0) is 27.5 Å². The van der Waals surface area contributed by atoms with Crippen LogP contribution in [0.3, 0.4) is 0 Å². The summed E-state index contributed by atoms with van der Waals surface area (Å²) in [6.07, 6.45) is 3.20. The molecule has 0 aliphatic heterocycles. The normalized spacial score (nSPS) is 12.0. The predicted molar refractivity (Wildman–Crippen MR) is 117 cm³/mol. The highest BCUT2D eigenvalue weighted by molar-refractivity contribution is 6.99. The monoisotopic (exact) mass is 389 g/mol. The van der Waals surface area contributed by atoms with E-state index in [0.29, 0.717) is 18.6 Å². The second-order valence-corrected chi connectivity index (χ2v) is 12.2. The quantitative estimate of drug-likeness (QED) is 0.453. The number of aromatic nitrogens is 1. The first kappa shape index (κ1) is 20.2. The number of carbonyl (C=O) groups is 1. The van der Waals surface area contributed by atoms with Crippen molar-refractivity contribution in [3.8, 4) is 0 Å². The first-order valence-corrected chi connectivity index (χ1v) is 11.5. The molecular formula is C24H27NO2Si. The molecule has 0 amide bonds. The molecule has 0 bridgehead atoms. The van der Waals surface area contributed by atoms with Crippen molar-refractivity contribution in [2.75, 3.05) is 6.61 Å². The average Bonchev–Trinajstić information content (AvgIpc) is 2.72. The molecule has 0 unspecified atom stereocenters. The summed E-state index contributed by atoms with van der Waals surface area (Å²) in [5.74, 6) is 0. The number of carbonyl (C=O) groups excluding carboxylic acids is 1. The fraction of sp³-hybridized carbons (Fsp3) is 0.250.